The molecule has 1 aliphatic carbocycles. The third kappa shape index (κ3) is 2.87. The Labute approximate surface area is 99.3 Å². The molecule has 2 atom stereocenters. The summed E-state index contributed by atoms with van der Waals surface area (Å²) in [5.41, 5.74) is 6.00. The summed E-state index contributed by atoms with van der Waals surface area (Å²) >= 11 is 1.39. The molecule has 3 N–H and O–H groups in total. The highest BCUT2D eigenvalue weighted by Gasteiger charge is 2.22. The Bertz CT molecular complexity index is 339. The number of nitrogens with two attached hydrogens (primary N) is 1. The molecular weight excluding hydrogens is 222 g/mol. The van der Waals surface area contributed by atoms with E-state index < -0.39 is 0 Å². The molecule has 1 aliphatic rings. The van der Waals surface area contributed by atoms with Gasteiger partial charge >= 0.3 is 0 Å². The maximum atomic E-state index is 11.7. The molecule has 1 aromatic rings. The van der Waals surface area contributed by atoms with Crippen molar-refractivity contribution in [1.29, 1.82) is 0 Å². The van der Waals surface area contributed by atoms with E-state index in [1.165, 1.54) is 24.2 Å². The number of rotatable bonds is 4. The molecule has 0 amide bonds. The predicted molar refractivity (Wildman–Crippen MR) is 64.7 cm³/mol. The lowest BCUT2D eigenvalue weighted by Gasteiger charge is -2.29. The number of nitrogens with zero attached hydrogens (tertiary/aromatic N) is 1. The monoisotopic (exact) mass is 239 g/mol. The van der Waals surface area contributed by atoms with Gasteiger partial charge in [0.1, 0.15) is 0 Å². The minimum atomic E-state index is 0.0628. The maximum Gasteiger partial charge on any atom is 0.205 e. The van der Waals surface area contributed by atoms with Gasteiger partial charge in [-0.2, -0.15) is 0 Å². The Morgan fingerprint density at radius 1 is 1.56 bits per heavy atom. The first-order valence-corrected chi connectivity index (χ1v) is 6.57. The first-order valence-electron chi connectivity index (χ1n) is 5.69. The highest BCUT2D eigenvalue weighted by Crippen LogP contribution is 2.16. The Kier molecular flexibility index (Phi) is 4.04. The van der Waals surface area contributed by atoms with Crippen LogP contribution in [0.3, 0.4) is 0 Å². The molecule has 0 radical (unpaired) electrons. The Morgan fingerprint density at radius 3 is 3.06 bits per heavy atom. The van der Waals surface area contributed by atoms with E-state index in [-0.39, 0.29) is 17.9 Å². The van der Waals surface area contributed by atoms with Crippen molar-refractivity contribution in [3.05, 3.63) is 16.6 Å². The summed E-state index contributed by atoms with van der Waals surface area (Å²) in [6.07, 6.45) is 6.20. The fourth-order valence-electron chi connectivity index (χ4n) is 2.07. The van der Waals surface area contributed by atoms with Crippen molar-refractivity contribution in [2.75, 3.05) is 6.54 Å². The van der Waals surface area contributed by atoms with Gasteiger partial charge in [0.25, 0.3) is 0 Å². The van der Waals surface area contributed by atoms with Gasteiger partial charge < -0.3 is 11.1 Å². The minimum absolute atomic E-state index is 0.0628. The standard InChI is InChI=1S/C11H17N3OS/c12-8-3-1-2-4-9(8)14-7-10(15)11-13-5-6-16-11/h5-6,8-9,14H,1-4,7,12H2/t8-,9+/m1/s1. The number of hydrogen-bond donors (Lipinski definition) is 2. The first kappa shape index (κ1) is 11.7. The zero-order valence-corrected chi connectivity index (χ0v) is 10.0. The molecule has 0 saturated heterocycles. The highest BCUT2D eigenvalue weighted by atomic mass is 32.1. The van der Waals surface area contributed by atoms with Crippen molar-refractivity contribution in [3.8, 4) is 0 Å². The summed E-state index contributed by atoms with van der Waals surface area (Å²) < 4.78 is 0. The summed E-state index contributed by atoms with van der Waals surface area (Å²) in [6.45, 7) is 0.353. The van der Waals surface area contributed by atoms with E-state index >= 15 is 0 Å². The van der Waals surface area contributed by atoms with Crippen molar-refractivity contribution in [3.63, 3.8) is 0 Å². The van der Waals surface area contributed by atoms with E-state index in [2.05, 4.69) is 10.3 Å². The zero-order chi connectivity index (χ0) is 11.4. The Morgan fingerprint density at radius 2 is 2.38 bits per heavy atom. The molecule has 0 unspecified atom stereocenters. The molecule has 0 aromatic carbocycles. The van der Waals surface area contributed by atoms with Crippen LogP contribution in [0.2, 0.25) is 0 Å². The summed E-state index contributed by atoms with van der Waals surface area (Å²) in [7, 11) is 0. The normalized spacial score (nSPS) is 25.6. The Balaban J connectivity index is 1.80. The zero-order valence-electron chi connectivity index (χ0n) is 9.19. The van der Waals surface area contributed by atoms with Crippen LogP contribution in [0.1, 0.15) is 35.5 Å². The van der Waals surface area contributed by atoms with Gasteiger partial charge in [0.05, 0.1) is 6.54 Å². The lowest BCUT2D eigenvalue weighted by atomic mass is 9.91. The molecule has 1 heterocycles. The quantitative estimate of drug-likeness (QED) is 0.774. The molecule has 1 fully saturated rings. The lowest BCUT2D eigenvalue weighted by Crippen LogP contribution is -2.48. The smallest absolute Gasteiger partial charge is 0.205 e. The minimum Gasteiger partial charge on any atom is -0.326 e. The average Bonchev–Trinajstić information content (AvgIpc) is 2.81. The molecular formula is C11H17N3OS. The third-order valence-corrected chi connectivity index (χ3v) is 3.83. The molecule has 88 valence electrons. The molecule has 16 heavy (non-hydrogen) atoms. The van der Waals surface area contributed by atoms with Crippen LogP contribution >= 0.6 is 11.3 Å². The van der Waals surface area contributed by atoms with Crippen LogP contribution in [0, 0.1) is 0 Å². The number of ketones is 1. The molecule has 2 rings (SSSR count). The average molecular weight is 239 g/mol. The second kappa shape index (κ2) is 5.52. The molecule has 1 saturated carbocycles. The van der Waals surface area contributed by atoms with Gasteiger partial charge in [0.15, 0.2) is 5.01 Å². The number of nitrogens with one attached hydrogen (secondary N) is 1. The van der Waals surface area contributed by atoms with Crippen LogP contribution in [0.25, 0.3) is 0 Å². The molecule has 4 nitrogen and oxygen atoms in total. The first-order chi connectivity index (χ1) is 7.77. The van der Waals surface area contributed by atoms with Crippen molar-refractivity contribution in [1.82, 2.24) is 10.3 Å². The number of aromatic nitrogens is 1. The molecule has 5 heteroatoms. The van der Waals surface area contributed by atoms with Gasteiger partial charge in [-0.25, -0.2) is 4.98 Å². The van der Waals surface area contributed by atoms with Gasteiger partial charge in [-0.3, -0.25) is 4.79 Å². The number of hydrogen-bond acceptors (Lipinski definition) is 5. The molecule has 0 spiro atoms. The fourth-order valence-corrected chi connectivity index (χ4v) is 2.65. The molecule has 1 aromatic heterocycles. The SMILES string of the molecule is N[C@@H]1CCCC[C@@H]1NCC(=O)c1nccs1. The largest absolute Gasteiger partial charge is 0.326 e. The fraction of sp³-hybridized carbons (Fsp3) is 0.636. The second-order valence-corrected chi connectivity index (χ2v) is 5.09. The second-order valence-electron chi connectivity index (χ2n) is 4.20. The van der Waals surface area contributed by atoms with E-state index in [0.717, 1.165) is 12.8 Å². The van der Waals surface area contributed by atoms with Crippen LogP contribution in [-0.4, -0.2) is 29.4 Å². The summed E-state index contributed by atoms with van der Waals surface area (Å²) in [4.78, 5) is 15.7. The van der Waals surface area contributed by atoms with Crippen LogP contribution < -0.4 is 11.1 Å². The van der Waals surface area contributed by atoms with Crippen molar-refractivity contribution < 1.29 is 4.79 Å². The van der Waals surface area contributed by atoms with E-state index in [1.807, 2.05) is 5.38 Å². The van der Waals surface area contributed by atoms with Crippen molar-refractivity contribution in [2.45, 2.75) is 37.8 Å². The number of Topliss-reactive ketones (excluding diaryl/α,β-unsaturated/α-hetero) is 1. The number of carbonyl (C=O) groups is 1. The van der Waals surface area contributed by atoms with Crippen LogP contribution in [0.5, 0.6) is 0 Å². The summed E-state index contributed by atoms with van der Waals surface area (Å²) in [5.74, 6) is 0.0628. The van der Waals surface area contributed by atoms with Gasteiger partial charge in [-0.05, 0) is 12.8 Å². The highest BCUT2D eigenvalue weighted by molar-refractivity contribution is 7.11. The van der Waals surface area contributed by atoms with Crippen molar-refractivity contribution in [2.24, 2.45) is 5.73 Å². The third-order valence-electron chi connectivity index (χ3n) is 3.02. The number of carbonyl (C=O) groups excluding carboxylic acids is 1. The summed E-state index contributed by atoms with van der Waals surface area (Å²) in [6, 6.07) is 0.482. The lowest BCUT2D eigenvalue weighted by molar-refractivity contribution is 0.0983. The van der Waals surface area contributed by atoms with Gasteiger partial charge in [0, 0.05) is 23.7 Å². The summed E-state index contributed by atoms with van der Waals surface area (Å²) in [5, 5.41) is 5.65. The van der Waals surface area contributed by atoms with Gasteiger partial charge in [0.2, 0.25) is 5.78 Å². The van der Waals surface area contributed by atoms with Crippen LogP contribution in [0.4, 0.5) is 0 Å². The van der Waals surface area contributed by atoms with Gasteiger partial charge in [-0.1, -0.05) is 12.8 Å². The van der Waals surface area contributed by atoms with E-state index in [4.69, 9.17) is 5.73 Å². The van der Waals surface area contributed by atoms with Crippen molar-refractivity contribution >= 4 is 17.1 Å². The topological polar surface area (TPSA) is 68.0 Å². The molecule has 0 bridgehead atoms. The number of thiazole rings is 1. The van der Waals surface area contributed by atoms with E-state index in [1.54, 1.807) is 6.20 Å². The molecule has 0 aliphatic heterocycles. The van der Waals surface area contributed by atoms with Crippen LogP contribution in [-0.2, 0) is 0 Å². The van der Waals surface area contributed by atoms with Crippen LogP contribution in [0.15, 0.2) is 11.6 Å². The van der Waals surface area contributed by atoms with Gasteiger partial charge in [-0.15, -0.1) is 11.3 Å². The predicted octanol–water partition coefficient (Wildman–Crippen LogP) is 1.19. The van der Waals surface area contributed by atoms with E-state index in [9.17, 15) is 4.79 Å². The van der Waals surface area contributed by atoms with E-state index in [0.29, 0.717) is 11.6 Å². The Hall–Kier alpha value is -0.780. The maximum absolute atomic E-state index is 11.7.